The zero-order valence-electron chi connectivity index (χ0n) is 14.5. The number of carbonyl (C=O) groups is 1. The van der Waals surface area contributed by atoms with Gasteiger partial charge in [0.1, 0.15) is 5.75 Å². The van der Waals surface area contributed by atoms with E-state index < -0.39 is 0 Å². The van der Waals surface area contributed by atoms with Crippen LogP contribution in [0, 0.1) is 11.3 Å². The minimum atomic E-state index is -0.261. The van der Waals surface area contributed by atoms with Crippen LogP contribution in [0.4, 0.5) is 0 Å². The van der Waals surface area contributed by atoms with Crippen LogP contribution in [0.5, 0.6) is 5.75 Å². The maximum Gasteiger partial charge on any atom is 0.262 e. The second kappa shape index (κ2) is 6.43. The highest BCUT2D eigenvalue weighted by Crippen LogP contribution is 2.22. The molecule has 0 amide bonds. The van der Waals surface area contributed by atoms with Crippen LogP contribution in [-0.4, -0.2) is 17.6 Å². The molecule has 0 aliphatic rings. The lowest BCUT2D eigenvalue weighted by Gasteiger charge is -2.14. The van der Waals surface area contributed by atoms with Gasteiger partial charge in [-0.3, -0.25) is 14.2 Å². The van der Waals surface area contributed by atoms with Crippen molar-refractivity contribution in [1.82, 2.24) is 4.57 Å². The van der Waals surface area contributed by atoms with Crippen molar-refractivity contribution in [2.75, 3.05) is 7.11 Å². The van der Waals surface area contributed by atoms with E-state index in [9.17, 15) is 9.59 Å². The summed E-state index contributed by atoms with van der Waals surface area (Å²) in [6.07, 6.45) is 0. The Kier molecular flexibility index (Phi) is 3.94. The van der Waals surface area contributed by atoms with E-state index in [1.807, 2.05) is 6.07 Å². The molecule has 4 rings (SSSR count). The Bertz CT molecular complexity index is 1300. The first-order chi connectivity index (χ1) is 13.1. The van der Waals surface area contributed by atoms with Crippen molar-refractivity contribution in [2.24, 2.45) is 0 Å². The third-order valence-corrected chi connectivity index (χ3v) is 4.54. The van der Waals surface area contributed by atoms with Gasteiger partial charge in [-0.2, -0.15) is 5.26 Å². The lowest BCUT2D eigenvalue weighted by molar-refractivity contribution is 0.0969. The molecule has 0 unspecified atom stereocenters. The Hall–Kier alpha value is -3.91. The van der Waals surface area contributed by atoms with Crippen LogP contribution in [0.2, 0.25) is 0 Å². The third-order valence-electron chi connectivity index (χ3n) is 4.54. The van der Waals surface area contributed by atoms with Gasteiger partial charge >= 0.3 is 0 Å². The molecule has 0 N–H and O–H groups in total. The van der Waals surface area contributed by atoms with Crippen molar-refractivity contribution in [2.45, 2.75) is 0 Å². The lowest BCUT2D eigenvalue weighted by atomic mass is 10.1. The van der Waals surface area contributed by atoms with Crippen LogP contribution in [0.1, 0.15) is 15.9 Å². The number of methoxy groups -OCH3 is 1. The van der Waals surface area contributed by atoms with Gasteiger partial charge in [0.15, 0.2) is 5.43 Å². The highest BCUT2D eigenvalue weighted by atomic mass is 16.5. The number of hydrogen-bond acceptors (Lipinski definition) is 4. The smallest absolute Gasteiger partial charge is 0.262 e. The van der Waals surface area contributed by atoms with E-state index in [1.54, 1.807) is 67.8 Å². The van der Waals surface area contributed by atoms with Crippen LogP contribution in [0.25, 0.3) is 21.8 Å². The fourth-order valence-electron chi connectivity index (χ4n) is 3.20. The van der Waals surface area contributed by atoms with Crippen LogP contribution >= 0.6 is 0 Å². The predicted molar refractivity (Wildman–Crippen MR) is 103 cm³/mol. The average Bonchev–Trinajstić information content (AvgIpc) is 2.73. The molecule has 0 atom stereocenters. The van der Waals surface area contributed by atoms with Crippen molar-refractivity contribution < 1.29 is 9.53 Å². The number of rotatable bonds is 2. The zero-order valence-corrected chi connectivity index (χ0v) is 14.5. The molecular formula is C22H14N2O3. The fraction of sp³-hybridized carbons (Fsp3) is 0.0455. The predicted octanol–water partition coefficient (Wildman–Crippen LogP) is 3.72. The van der Waals surface area contributed by atoms with Crippen molar-refractivity contribution in [3.8, 4) is 11.8 Å². The molecule has 27 heavy (non-hydrogen) atoms. The summed E-state index contributed by atoms with van der Waals surface area (Å²) in [5, 5.41) is 9.94. The number of para-hydroxylation sites is 1. The van der Waals surface area contributed by atoms with Crippen molar-refractivity contribution in [1.29, 1.82) is 5.26 Å². The Morgan fingerprint density at radius 3 is 2.37 bits per heavy atom. The molecule has 3 aromatic carbocycles. The quantitative estimate of drug-likeness (QED) is 0.514. The van der Waals surface area contributed by atoms with Crippen molar-refractivity contribution in [3.05, 3.63) is 88.1 Å². The summed E-state index contributed by atoms with van der Waals surface area (Å²) in [6.45, 7) is 0. The number of fused-ring (bicyclic) bond motifs is 2. The van der Waals surface area contributed by atoms with E-state index in [-0.39, 0.29) is 11.3 Å². The van der Waals surface area contributed by atoms with E-state index >= 15 is 0 Å². The van der Waals surface area contributed by atoms with Gasteiger partial charge in [0.2, 0.25) is 0 Å². The minimum Gasteiger partial charge on any atom is -0.497 e. The monoisotopic (exact) mass is 354 g/mol. The largest absolute Gasteiger partial charge is 0.497 e. The molecule has 0 radical (unpaired) electrons. The maximum atomic E-state index is 13.3. The molecule has 130 valence electrons. The molecule has 0 spiro atoms. The number of benzene rings is 3. The molecule has 5 heteroatoms. The molecule has 0 saturated heterocycles. The summed E-state index contributed by atoms with van der Waals surface area (Å²) in [5.41, 5.74) is 1.64. The number of aromatic nitrogens is 1. The Morgan fingerprint density at radius 1 is 0.963 bits per heavy atom. The number of nitriles is 1. The number of carbonyl (C=O) groups excluding carboxylic acids is 1. The van der Waals surface area contributed by atoms with Crippen LogP contribution in [0.3, 0.4) is 0 Å². The van der Waals surface area contributed by atoms with Gasteiger partial charge in [-0.1, -0.05) is 12.1 Å². The number of hydrogen-bond donors (Lipinski definition) is 0. The first kappa shape index (κ1) is 16.6. The van der Waals surface area contributed by atoms with E-state index in [1.165, 1.54) is 10.6 Å². The molecule has 0 bridgehead atoms. The fourth-order valence-corrected chi connectivity index (χ4v) is 3.20. The highest BCUT2D eigenvalue weighted by Gasteiger charge is 2.17. The summed E-state index contributed by atoms with van der Waals surface area (Å²) in [6, 6.07) is 20.6. The summed E-state index contributed by atoms with van der Waals surface area (Å²) < 4.78 is 6.67. The van der Waals surface area contributed by atoms with E-state index in [2.05, 4.69) is 0 Å². The SMILES string of the molecule is COc1ccc(C(=O)n2c3ccccc3c(=O)c3cc(C#N)ccc32)cc1. The second-order valence-corrected chi connectivity index (χ2v) is 6.06. The topological polar surface area (TPSA) is 72.1 Å². The van der Waals surface area contributed by atoms with E-state index in [0.717, 1.165) is 0 Å². The van der Waals surface area contributed by atoms with Crippen molar-refractivity contribution >= 4 is 27.7 Å². The molecule has 0 saturated carbocycles. The molecular weight excluding hydrogens is 340 g/mol. The van der Waals surface area contributed by atoms with Gasteiger partial charge in [-0.25, -0.2) is 0 Å². The summed E-state index contributed by atoms with van der Waals surface area (Å²) in [7, 11) is 1.56. The highest BCUT2D eigenvalue weighted by molar-refractivity contribution is 6.08. The van der Waals surface area contributed by atoms with Gasteiger partial charge in [-0.15, -0.1) is 0 Å². The van der Waals surface area contributed by atoms with Gasteiger partial charge in [-0.05, 0) is 54.6 Å². The Balaban J connectivity index is 2.08. The first-order valence-corrected chi connectivity index (χ1v) is 8.30. The second-order valence-electron chi connectivity index (χ2n) is 6.06. The van der Waals surface area contributed by atoms with Crippen LogP contribution < -0.4 is 10.2 Å². The third kappa shape index (κ3) is 2.64. The molecule has 0 aliphatic carbocycles. The lowest BCUT2D eigenvalue weighted by Crippen LogP contribution is -2.18. The van der Waals surface area contributed by atoms with Crippen LogP contribution in [0.15, 0.2) is 71.5 Å². The van der Waals surface area contributed by atoms with Crippen LogP contribution in [-0.2, 0) is 0 Å². The van der Waals surface area contributed by atoms with Gasteiger partial charge < -0.3 is 4.74 Å². The first-order valence-electron chi connectivity index (χ1n) is 8.30. The minimum absolute atomic E-state index is 0.198. The molecule has 0 fully saturated rings. The van der Waals surface area contributed by atoms with E-state index in [0.29, 0.717) is 38.7 Å². The van der Waals surface area contributed by atoms with Gasteiger partial charge in [0.05, 0.1) is 29.8 Å². The van der Waals surface area contributed by atoms with Gasteiger partial charge in [0, 0.05) is 16.3 Å². The molecule has 1 aromatic heterocycles. The standard InChI is InChI=1S/C22H14N2O3/c1-27-16-9-7-15(8-10-16)22(26)24-19-5-3-2-4-17(19)21(25)18-12-14(13-23)6-11-20(18)24/h2-12H,1H3. The van der Waals surface area contributed by atoms with Crippen molar-refractivity contribution in [3.63, 3.8) is 0 Å². The maximum absolute atomic E-state index is 13.3. The number of ether oxygens (including phenoxy) is 1. The molecule has 1 heterocycles. The Morgan fingerprint density at radius 2 is 1.67 bits per heavy atom. The molecule has 0 aliphatic heterocycles. The van der Waals surface area contributed by atoms with E-state index in [4.69, 9.17) is 10.00 Å². The zero-order chi connectivity index (χ0) is 19.0. The Labute approximate surface area is 154 Å². The summed E-state index contributed by atoms with van der Waals surface area (Å²) in [4.78, 5) is 26.2. The molecule has 4 aromatic rings. The van der Waals surface area contributed by atoms with Gasteiger partial charge in [0.25, 0.3) is 5.91 Å². The number of pyridine rings is 1. The normalized spacial score (nSPS) is 10.7. The average molecular weight is 354 g/mol. The molecule has 5 nitrogen and oxygen atoms in total. The summed E-state index contributed by atoms with van der Waals surface area (Å²) in [5.74, 6) is 0.392. The number of nitrogens with zero attached hydrogens (tertiary/aromatic N) is 2. The summed E-state index contributed by atoms with van der Waals surface area (Å²) >= 11 is 0.